The molecule has 1 unspecified atom stereocenters. The summed E-state index contributed by atoms with van der Waals surface area (Å²) in [6, 6.07) is -0.342. The first kappa shape index (κ1) is 16.8. The molecule has 0 aromatic heterocycles. The van der Waals surface area contributed by atoms with E-state index in [-0.39, 0.29) is 12.5 Å². The Bertz CT molecular complexity index is 329. The van der Waals surface area contributed by atoms with E-state index in [1.165, 1.54) is 19.3 Å². The fourth-order valence-corrected chi connectivity index (χ4v) is 2.70. The van der Waals surface area contributed by atoms with Gasteiger partial charge in [0.25, 0.3) is 0 Å². The van der Waals surface area contributed by atoms with E-state index in [1.54, 1.807) is 20.8 Å². The number of carboxylic acids is 1. The quantitative estimate of drug-likeness (QED) is 0.812. The number of hydrogen-bond acceptors (Lipinski definition) is 3. The molecule has 5 heteroatoms. The normalized spacial score (nSPS) is 18.4. The highest BCUT2D eigenvalue weighted by Crippen LogP contribution is 2.28. The van der Waals surface area contributed by atoms with Crippen LogP contribution in [0, 0.1) is 5.92 Å². The molecule has 116 valence electrons. The molecule has 0 aromatic carbocycles. The fourth-order valence-electron chi connectivity index (χ4n) is 2.70. The molecule has 0 aliphatic heterocycles. The molecule has 0 heterocycles. The zero-order valence-electron chi connectivity index (χ0n) is 12.8. The number of carbonyl (C=O) groups is 2. The van der Waals surface area contributed by atoms with Crippen LogP contribution in [-0.2, 0) is 9.53 Å². The van der Waals surface area contributed by atoms with Crippen molar-refractivity contribution >= 4 is 12.1 Å². The number of alkyl carbamates (subject to hydrolysis) is 1. The van der Waals surface area contributed by atoms with E-state index < -0.39 is 17.7 Å². The number of rotatable bonds is 5. The number of aliphatic carboxylic acids is 1. The van der Waals surface area contributed by atoms with Crippen LogP contribution in [0.25, 0.3) is 0 Å². The average Bonchev–Trinajstić information content (AvgIpc) is 2.26. The van der Waals surface area contributed by atoms with Crippen LogP contribution in [0.5, 0.6) is 0 Å². The van der Waals surface area contributed by atoms with Crippen molar-refractivity contribution in [2.75, 3.05) is 0 Å². The van der Waals surface area contributed by atoms with Gasteiger partial charge in [-0.1, -0.05) is 32.1 Å². The smallest absolute Gasteiger partial charge is 0.407 e. The molecule has 1 fully saturated rings. The van der Waals surface area contributed by atoms with E-state index >= 15 is 0 Å². The molecule has 1 saturated carbocycles. The average molecular weight is 285 g/mol. The maximum Gasteiger partial charge on any atom is 0.407 e. The number of ether oxygens (including phenoxy) is 1. The summed E-state index contributed by atoms with van der Waals surface area (Å²) in [5.41, 5.74) is -0.567. The lowest BCUT2D eigenvalue weighted by atomic mass is 9.84. The highest BCUT2D eigenvalue weighted by molar-refractivity contribution is 5.71. The van der Waals surface area contributed by atoms with Gasteiger partial charge in [-0.25, -0.2) is 4.79 Å². The lowest BCUT2D eigenvalue weighted by Gasteiger charge is -2.27. The van der Waals surface area contributed by atoms with Crippen LogP contribution >= 0.6 is 0 Å². The van der Waals surface area contributed by atoms with Crippen molar-refractivity contribution in [2.24, 2.45) is 5.92 Å². The van der Waals surface area contributed by atoms with E-state index in [0.717, 1.165) is 19.3 Å². The molecule has 1 amide bonds. The van der Waals surface area contributed by atoms with Crippen LogP contribution in [0.2, 0.25) is 0 Å². The molecule has 2 N–H and O–H groups in total. The van der Waals surface area contributed by atoms with Gasteiger partial charge in [-0.15, -0.1) is 0 Å². The van der Waals surface area contributed by atoms with Crippen LogP contribution in [0.3, 0.4) is 0 Å². The van der Waals surface area contributed by atoms with Gasteiger partial charge in [-0.05, 0) is 33.1 Å². The molecule has 5 nitrogen and oxygen atoms in total. The second-order valence-corrected chi connectivity index (χ2v) is 6.68. The van der Waals surface area contributed by atoms with Crippen LogP contribution < -0.4 is 5.32 Å². The van der Waals surface area contributed by atoms with Crippen molar-refractivity contribution in [2.45, 2.75) is 77.4 Å². The van der Waals surface area contributed by atoms with Gasteiger partial charge in [0, 0.05) is 6.04 Å². The Morgan fingerprint density at radius 2 is 1.85 bits per heavy atom. The third-order valence-electron chi connectivity index (χ3n) is 3.48. The molecule has 0 bridgehead atoms. The summed E-state index contributed by atoms with van der Waals surface area (Å²) < 4.78 is 5.20. The number of carboxylic acid groups (broad SMARTS) is 1. The fraction of sp³-hybridized carbons (Fsp3) is 0.867. The maximum absolute atomic E-state index is 11.8. The van der Waals surface area contributed by atoms with E-state index in [0.29, 0.717) is 5.92 Å². The van der Waals surface area contributed by atoms with Gasteiger partial charge in [0.15, 0.2) is 0 Å². The van der Waals surface area contributed by atoms with E-state index in [4.69, 9.17) is 9.84 Å². The van der Waals surface area contributed by atoms with E-state index in [2.05, 4.69) is 5.32 Å². The SMILES string of the molecule is CC(C)(C)OC(=O)NC(CC(=O)O)CC1CCCCC1. The summed E-state index contributed by atoms with van der Waals surface area (Å²) in [6.07, 6.45) is 6.09. The molecule has 0 radical (unpaired) electrons. The topological polar surface area (TPSA) is 75.6 Å². The maximum atomic E-state index is 11.8. The lowest BCUT2D eigenvalue weighted by molar-refractivity contribution is -0.137. The molecule has 0 aromatic rings. The largest absolute Gasteiger partial charge is 0.481 e. The number of carbonyl (C=O) groups excluding carboxylic acids is 1. The van der Waals surface area contributed by atoms with Crippen molar-refractivity contribution < 1.29 is 19.4 Å². The van der Waals surface area contributed by atoms with Crippen molar-refractivity contribution in [3.63, 3.8) is 0 Å². The Morgan fingerprint density at radius 1 is 1.25 bits per heavy atom. The molecule has 1 aliphatic carbocycles. The van der Waals surface area contributed by atoms with Gasteiger partial charge in [0.2, 0.25) is 0 Å². The van der Waals surface area contributed by atoms with Crippen molar-refractivity contribution in [1.82, 2.24) is 5.32 Å². The molecule has 20 heavy (non-hydrogen) atoms. The van der Waals surface area contributed by atoms with Gasteiger partial charge in [0.05, 0.1) is 6.42 Å². The first-order chi connectivity index (χ1) is 9.26. The summed E-state index contributed by atoms with van der Waals surface area (Å²) in [7, 11) is 0. The van der Waals surface area contributed by atoms with Crippen LogP contribution in [0.1, 0.15) is 65.7 Å². The number of amides is 1. The minimum absolute atomic E-state index is 0.0459. The zero-order chi connectivity index (χ0) is 15.2. The van der Waals surface area contributed by atoms with Gasteiger partial charge in [0.1, 0.15) is 5.60 Å². The summed E-state index contributed by atoms with van der Waals surface area (Å²) in [6.45, 7) is 5.37. The monoisotopic (exact) mass is 285 g/mol. The lowest BCUT2D eigenvalue weighted by Crippen LogP contribution is -2.41. The standard InChI is InChI=1S/C15H27NO4/c1-15(2,3)20-14(19)16-12(10-13(17)18)9-11-7-5-4-6-8-11/h11-12H,4-10H2,1-3H3,(H,16,19)(H,17,18). The second-order valence-electron chi connectivity index (χ2n) is 6.68. The summed E-state index contributed by atoms with van der Waals surface area (Å²) in [5.74, 6) is -0.370. The zero-order valence-corrected chi connectivity index (χ0v) is 12.8. The predicted octanol–water partition coefficient (Wildman–Crippen LogP) is 3.32. The Kier molecular flexibility index (Phi) is 6.30. The van der Waals surface area contributed by atoms with Gasteiger partial charge in [-0.2, -0.15) is 0 Å². The first-order valence-corrected chi connectivity index (χ1v) is 7.47. The molecule has 0 saturated heterocycles. The predicted molar refractivity (Wildman–Crippen MR) is 76.6 cm³/mol. The summed E-state index contributed by atoms with van der Waals surface area (Å²) >= 11 is 0. The molecule has 1 aliphatic rings. The van der Waals surface area contributed by atoms with Gasteiger partial charge < -0.3 is 15.2 Å². The molecular weight excluding hydrogens is 258 g/mol. The Labute approximate surface area is 121 Å². The van der Waals surface area contributed by atoms with Crippen LogP contribution in [0.15, 0.2) is 0 Å². The molecule has 1 atom stereocenters. The van der Waals surface area contributed by atoms with Gasteiger partial charge in [-0.3, -0.25) is 4.79 Å². The summed E-state index contributed by atoms with van der Waals surface area (Å²) in [5, 5.41) is 11.7. The highest BCUT2D eigenvalue weighted by Gasteiger charge is 2.24. The second kappa shape index (κ2) is 7.50. The van der Waals surface area contributed by atoms with Crippen LogP contribution in [0.4, 0.5) is 4.79 Å². The Hall–Kier alpha value is -1.26. The minimum Gasteiger partial charge on any atom is -0.481 e. The summed E-state index contributed by atoms with van der Waals surface area (Å²) in [4.78, 5) is 22.7. The third kappa shape index (κ3) is 7.36. The molecule has 0 spiro atoms. The Morgan fingerprint density at radius 3 is 2.35 bits per heavy atom. The highest BCUT2D eigenvalue weighted by atomic mass is 16.6. The minimum atomic E-state index is -0.887. The molecule has 1 rings (SSSR count). The van der Waals surface area contributed by atoms with E-state index in [1.807, 2.05) is 0 Å². The van der Waals surface area contributed by atoms with Gasteiger partial charge >= 0.3 is 12.1 Å². The molecular formula is C15H27NO4. The van der Waals surface area contributed by atoms with Crippen molar-refractivity contribution in [3.8, 4) is 0 Å². The third-order valence-corrected chi connectivity index (χ3v) is 3.48. The van der Waals surface area contributed by atoms with E-state index in [9.17, 15) is 9.59 Å². The number of nitrogens with one attached hydrogen (secondary N) is 1. The first-order valence-electron chi connectivity index (χ1n) is 7.47. The van der Waals surface area contributed by atoms with Crippen LogP contribution in [-0.4, -0.2) is 28.8 Å². The van der Waals surface area contributed by atoms with Crippen molar-refractivity contribution in [3.05, 3.63) is 0 Å². The Balaban J connectivity index is 2.50. The number of hydrogen-bond donors (Lipinski definition) is 2. The van der Waals surface area contributed by atoms with Crippen molar-refractivity contribution in [1.29, 1.82) is 0 Å².